The molecule has 0 aliphatic carbocycles. The van der Waals surface area contributed by atoms with Crippen LogP contribution in [0.15, 0.2) is 0 Å². The van der Waals surface area contributed by atoms with Gasteiger partial charge in [0.25, 0.3) is 0 Å². The molecule has 0 spiro atoms. The van der Waals surface area contributed by atoms with E-state index in [1.807, 2.05) is 13.8 Å². The molecule has 2 N–H and O–H groups in total. The SMILES string of the molecule is CC(C)C1(C(=O)O)CCN(C(=O)NCC2CCCOC2)C1. The molecule has 2 atom stereocenters. The van der Waals surface area contributed by atoms with Crippen molar-refractivity contribution in [3.8, 4) is 0 Å². The van der Waals surface area contributed by atoms with Gasteiger partial charge in [-0.25, -0.2) is 4.79 Å². The van der Waals surface area contributed by atoms with Crippen LogP contribution in [-0.2, 0) is 9.53 Å². The van der Waals surface area contributed by atoms with E-state index < -0.39 is 11.4 Å². The molecule has 2 fully saturated rings. The Labute approximate surface area is 125 Å². The topological polar surface area (TPSA) is 78.9 Å². The molecule has 2 aliphatic rings. The average Bonchev–Trinajstić information content (AvgIpc) is 2.92. The van der Waals surface area contributed by atoms with Gasteiger partial charge in [0, 0.05) is 26.2 Å². The van der Waals surface area contributed by atoms with Gasteiger partial charge in [0.05, 0.1) is 12.0 Å². The minimum Gasteiger partial charge on any atom is -0.481 e. The molecule has 2 saturated heterocycles. The molecule has 120 valence electrons. The van der Waals surface area contributed by atoms with Crippen LogP contribution >= 0.6 is 0 Å². The Balaban J connectivity index is 1.85. The third-order valence-electron chi connectivity index (χ3n) is 4.92. The van der Waals surface area contributed by atoms with Crippen molar-refractivity contribution in [2.24, 2.45) is 17.3 Å². The van der Waals surface area contributed by atoms with Crippen LogP contribution in [0.25, 0.3) is 0 Å². The smallest absolute Gasteiger partial charge is 0.317 e. The molecule has 2 rings (SSSR count). The standard InChI is InChI=1S/C15H26N2O4/c1-11(2)15(13(18)19)5-6-17(10-15)14(20)16-8-12-4-3-7-21-9-12/h11-12H,3-10H2,1-2H3,(H,16,20)(H,18,19). The number of hydrogen-bond acceptors (Lipinski definition) is 3. The quantitative estimate of drug-likeness (QED) is 0.825. The van der Waals surface area contributed by atoms with Crippen LogP contribution in [0.5, 0.6) is 0 Å². The summed E-state index contributed by atoms with van der Waals surface area (Å²) in [6.07, 6.45) is 2.64. The van der Waals surface area contributed by atoms with E-state index in [4.69, 9.17) is 4.74 Å². The largest absolute Gasteiger partial charge is 0.481 e. The van der Waals surface area contributed by atoms with E-state index in [-0.39, 0.29) is 11.9 Å². The summed E-state index contributed by atoms with van der Waals surface area (Å²) >= 11 is 0. The molecule has 0 bridgehead atoms. The van der Waals surface area contributed by atoms with Gasteiger partial charge in [0.2, 0.25) is 0 Å². The normalized spacial score (nSPS) is 29.7. The van der Waals surface area contributed by atoms with E-state index in [0.717, 1.165) is 19.4 Å². The van der Waals surface area contributed by atoms with Crippen molar-refractivity contribution in [2.45, 2.75) is 33.1 Å². The van der Waals surface area contributed by atoms with Crippen molar-refractivity contribution in [3.05, 3.63) is 0 Å². The number of urea groups is 1. The first kappa shape index (κ1) is 16.1. The number of carbonyl (C=O) groups excluding carboxylic acids is 1. The zero-order chi connectivity index (χ0) is 15.5. The molecule has 6 nitrogen and oxygen atoms in total. The summed E-state index contributed by atoms with van der Waals surface area (Å²) in [5, 5.41) is 12.4. The second-order valence-corrected chi connectivity index (χ2v) is 6.56. The Morgan fingerprint density at radius 1 is 1.48 bits per heavy atom. The number of rotatable bonds is 4. The highest BCUT2D eigenvalue weighted by molar-refractivity contribution is 5.80. The van der Waals surface area contributed by atoms with E-state index in [0.29, 0.717) is 38.6 Å². The van der Waals surface area contributed by atoms with Gasteiger partial charge in [-0.3, -0.25) is 4.79 Å². The molecule has 0 aromatic carbocycles. The number of amides is 2. The number of likely N-dealkylation sites (tertiary alicyclic amines) is 1. The van der Waals surface area contributed by atoms with Gasteiger partial charge in [-0.05, 0) is 31.1 Å². The summed E-state index contributed by atoms with van der Waals surface area (Å²) in [5.41, 5.74) is -0.800. The Morgan fingerprint density at radius 3 is 2.76 bits per heavy atom. The first-order valence-electron chi connectivity index (χ1n) is 7.79. The third kappa shape index (κ3) is 3.48. The number of carboxylic acid groups (broad SMARTS) is 1. The number of carboxylic acids is 1. The number of ether oxygens (including phenoxy) is 1. The first-order chi connectivity index (χ1) is 9.95. The van der Waals surface area contributed by atoms with Gasteiger partial charge < -0.3 is 20.1 Å². The monoisotopic (exact) mass is 298 g/mol. The third-order valence-corrected chi connectivity index (χ3v) is 4.92. The lowest BCUT2D eigenvalue weighted by Crippen LogP contribution is -2.45. The lowest BCUT2D eigenvalue weighted by Gasteiger charge is -2.29. The van der Waals surface area contributed by atoms with Gasteiger partial charge in [0.15, 0.2) is 0 Å². The molecular formula is C15H26N2O4. The number of nitrogens with zero attached hydrogens (tertiary/aromatic N) is 1. The Bertz CT molecular complexity index is 393. The summed E-state index contributed by atoms with van der Waals surface area (Å²) in [6, 6.07) is -0.149. The van der Waals surface area contributed by atoms with Crippen LogP contribution < -0.4 is 5.32 Å². The van der Waals surface area contributed by atoms with Crippen LogP contribution in [0.2, 0.25) is 0 Å². The number of nitrogens with one attached hydrogen (secondary N) is 1. The van der Waals surface area contributed by atoms with Crippen molar-refractivity contribution in [2.75, 3.05) is 32.8 Å². The maximum Gasteiger partial charge on any atom is 0.317 e. The molecular weight excluding hydrogens is 272 g/mol. The van der Waals surface area contributed by atoms with Gasteiger partial charge in [-0.1, -0.05) is 13.8 Å². The van der Waals surface area contributed by atoms with Gasteiger partial charge in [0.1, 0.15) is 0 Å². The predicted molar refractivity (Wildman–Crippen MR) is 78.0 cm³/mol. The molecule has 6 heteroatoms. The molecule has 0 radical (unpaired) electrons. The maximum atomic E-state index is 12.2. The van der Waals surface area contributed by atoms with E-state index in [1.54, 1.807) is 4.90 Å². The molecule has 2 heterocycles. The minimum atomic E-state index is -0.800. The fraction of sp³-hybridized carbons (Fsp3) is 0.867. The van der Waals surface area contributed by atoms with Crippen molar-refractivity contribution in [1.29, 1.82) is 0 Å². The Morgan fingerprint density at radius 2 is 2.24 bits per heavy atom. The molecule has 0 aromatic rings. The highest BCUT2D eigenvalue weighted by Gasteiger charge is 2.48. The molecule has 2 amide bonds. The van der Waals surface area contributed by atoms with Crippen LogP contribution in [0.3, 0.4) is 0 Å². The van der Waals surface area contributed by atoms with Gasteiger partial charge in [-0.2, -0.15) is 0 Å². The summed E-state index contributed by atoms with van der Waals surface area (Å²) in [6.45, 7) is 6.75. The fourth-order valence-corrected chi connectivity index (χ4v) is 3.21. The van der Waals surface area contributed by atoms with E-state index in [9.17, 15) is 14.7 Å². The number of carbonyl (C=O) groups is 2. The van der Waals surface area contributed by atoms with Crippen molar-refractivity contribution in [1.82, 2.24) is 10.2 Å². The lowest BCUT2D eigenvalue weighted by atomic mass is 9.76. The van der Waals surface area contributed by atoms with Crippen LogP contribution in [0.1, 0.15) is 33.1 Å². The van der Waals surface area contributed by atoms with Gasteiger partial charge >= 0.3 is 12.0 Å². The first-order valence-corrected chi connectivity index (χ1v) is 7.79. The van der Waals surface area contributed by atoms with E-state index in [1.165, 1.54) is 0 Å². The Kier molecular flexibility index (Phi) is 5.08. The van der Waals surface area contributed by atoms with Crippen LogP contribution in [0.4, 0.5) is 4.79 Å². The number of aliphatic carboxylic acids is 1. The summed E-state index contributed by atoms with van der Waals surface area (Å²) in [4.78, 5) is 25.4. The second-order valence-electron chi connectivity index (χ2n) is 6.56. The van der Waals surface area contributed by atoms with E-state index in [2.05, 4.69) is 5.32 Å². The number of hydrogen-bond donors (Lipinski definition) is 2. The van der Waals surface area contributed by atoms with Crippen molar-refractivity contribution < 1.29 is 19.4 Å². The summed E-state index contributed by atoms with van der Waals surface area (Å²) < 4.78 is 5.39. The summed E-state index contributed by atoms with van der Waals surface area (Å²) in [5.74, 6) is -0.410. The summed E-state index contributed by atoms with van der Waals surface area (Å²) in [7, 11) is 0. The molecule has 2 aliphatic heterocycles. The molecule has 0 saturated carbocycles. The van der Waals surface area contributed by atoms with Crippen molar-refractivity contribution >= 4 is 12.0 Å². The fourth-order valence-electron chi connectivity index (χ4n) is 3.21. The van der Waals surface area contributed by atoms with Crippen molar-refractivity contribution in [3.63, 3.8) is 0 Å². The van der Waals surface area contributed by atoms with Gasteiger partial charge in [-0.15, -0.1) is 0 Å². The average molecular weight is 298 g/mol. The highest BCUT2D eigenvalue weighted by atomic mass is 16.5. The van der Waals surface area contributed by atoms with E-state index >= 15 is 0 Å². The Hall–Kier alpha value is -1.30. The zero-order valence-electron chi connectivity index (χ0n) is 12.9. The van der Waals surface area contributed by atoms with Crippen LogP contribution in [0, 0.1) is 17.3 Å². The maximum absolute atomic E-state index is 12.2. The zero-order valence-corrected chi connectivity index (χ0v) is 12.9. The highest BCUT2D eigenvalue weighted by Crippen LogP contribution is 2.38. The molecule has 21 heavy (non-hydrogen) atoms. The molecule has 2 unspecified atom stereocenters. The van der Waals surface area contributed by atoms with Crippen LogP contribution in [-0.4, -0.2) is 54.9 Å². The minimum absolute atomic E-state index is 0.0135. The second kappa shape index (κ2) is 6.64. The lowest BCUT2D eigenvalue weighted by molar-refractivity contribution is -0.150. The molecule has 0 aromatic heterocycles. The predicted octanol–water partition coefficient (Wildman–Crippen LogP) is 1.56.